The number of amides is 1. The van der Waals surface area contributed by atoms with Gasteiger partial charge in [0.1, 0.15) is 0 Å². The summed E-state index contributed by atoms with van der Waals surface area (Å²) < 4.78 is 1.88. The third kappa shape index (κ3) is 15.1. The van der Waals surface area contributed by atoms with E-state index in [1.54, 1.807) is 0 Å². The lowest BCUT2D eigenvalue weighted by molar-refractivity contribution is -0.121. The largest absolute Gasteiger partial charge is 0.356 e. The van der Waals surface area contributed by atoms with Gasteiger partial charge in [0.05, 0.1) is 5.69 Å². The van der Waals surface area contributed by atoms with E-state index in [4.69, 9.17) is 0 Å². The van der Waals surface area contributed by atoms with E-state index in [9.17, 15) is 4.79 Å². The van der Waals surface area contributed by atoms with Crippen LogP contribution in [0, 0.1) is 10.8 Å². The van der Waals surface area contributed by atoms with Crippen molar-refractivity contribution in [1.29, 1.82) is 0 Å². The predicted octanol–water partition coefficient (Wildman–Crippen LogP) is 6.71. The van der Waals surface area contributed by atoms with Crippen molar-refractivity contribution in [1.82, 2.24) is 20.3 Å². The lowest BCUT2D eigenvalue weighted by Crippen LogP contribution is -2.24. The Morgan fingerprint density at radius 2 is 1.65 bits per heavy atom. The minimum absolute atomic E-state index is 0.159. The smallest absolute Gasteiger partial charge is 0.220 e. The van der Waals surface area contributed by atoms with Crippen LogP contribution in [0.5, 0.6) is 0 Å². The molecule has 0 aliphatic heterocycles. The van der Waals surface area contributed by atoms with Gasteiger partial charge in [-0.25, -0.2) is 0 Å². The van der Waals surface area contributed by atoms with Crippen molar-refractivity contribution >= 4 is 5.91 Å². The number of aryl methyl sites for hydroxylation is 2. The molecule has 0 aliphatic carbocycles. The van der Waals surface area contributed by atoms with Crippen molar-refractivity contribution in [3.8, 4) is 0 Å². The summed E-state index contributed by atoms with van der Waals surface area (Å²) in [7, 11) is 0. The summed E-state index contributed by atoms with van der Waals surface area (Å²) in [5, 5.41) is 11.5. The Morgan fingerprint density at radius 1 is 0.935 bits per heavy atom. The molecular weight excluding hydrogens is 384 g/mol. The highest BCUT2D eigenvalue weighted by molar-refractivity contribution is 5.75. The molecule has 0 unspecified atom stereocenters. The average molecular weight is 435 g/mol. The summed E-state index contributed by atoms with van der Waals surface area (Å²) >= 11 is 0. The molecule has 0 saturated heterocycles. The van der Waals surface area contributed by atoms with Crippen LogP contribution in [-0.2, 0) is 17.8 Å². The quantitative estimate of drug-likeness (QED) is 0.277. The molecule has 1 amide bonds. The molecule has 0 aromatic carbocycles. The van der Waals surface area contributed by atoms with E-state index in [-0.39, 0.29) is 5.91 Å². The van der Waals surface area contributed by atoms with Gasteiger partial charge in [-0.3, -0.25) is 9.48 Å². The van der Waals surface area contributed by atoms with Crippen molar-refractivity contribution in [2.24, 2.45) is 10.8 Å². The van der Waals surface area contributed by atoms with Crippen molar-refractivity contribution in [3.05, 3.63) is 11.9 Å². The first-order chi connectivity index (χ1) is 14.6. The van der Waals surface area contributed by atoms with Gasteiger partial charge in [-0.2, -0.15) is 0 Å². The van der Waals surface area contributed by atoms with Gasteiger partial charge in [-0.05, 0) is 55.8 Å². The van der Waals surface area contributed by atoms with Crippen molar-refractivity contribution in [3.63, 3.8) is 0 Å². The SMILES string of the molecule is CCCC(C)(C)CCCCCCNC(=O)CCCn1cc(CCCCC(C)(C)C)nn1. The number of carbonyl (C=O) groups excluding carboxylic acids is 1. The van der Waals surface area contributed by atoms with E-state index >= 15 is 0 Å². The normalized spacial score (nSPS) is 12.3. The summed E-state index contributed by atoms with van der Waals surface area (Å²) in [6.45, 7) is 15.5. The topological polar surface area (TPSA) is 59.8 Å². The molecule has 0 atom stereocenters. The molecule has 5 heteroatoms. The first-order valence-electron chi connectivity index (χ1n) is 12.8. The first kappa shape index (κ1) is 27.6. The fourth-order valence-corrected chi connectivity index (χ4v) is 4.13. The fraction of sp³-hybridized carbons (Fsp3) is 0.885. The van der Waals surface area contributed by atoms with E-state index in [0.717, 1.165) is 44.5 Å². The second-order valence-corrected chi connectivity index (χ2v) is 11.3. The Morgan fingerprint density at radius 3 is 2.35 bits per heavy atom. The highest BCUT2D eigenvalue weighted by atomic mass is 16.1. The molecule has 0 aliphatic rings. The van der Waals surface area contributed by atoms with Crippen molar-refractivity contribution < 1.29 is 4.79 Å². The maximum atomic E-state index is 12.0. The van der Waals surface area contributed by atoms with Crippen LogP contribution in [0.1, 0.15) is 124 Å². The molecule has 31 heavy (non-hydrogen) atoms. The molecule has 1 aromatic rings. The monoisotopic (exact) mass is 434 g/mol. The summed E-state index contributed by atoms with van der Waals surface area (Å²) in [4.78, 5) is 12.0. The Labute approximate surface area is 192 Å². The average Bonchev–Trinajstić information content (AvgIpc) is 3.11. The second kappa shape index (κ2) is 14.6. The molecule has 0 saturated carbocycles. The second-order valence-electron chi connectivity index (χ2n) is 11.3. The molecule has 1 rings (SSSR count). The molecule has 1 heterocycles. The van der Waals surface area contributed by atoms with Gasteiger partial charge >= 0.3 is 0 Å². The molecule has 5 nitrogen and oxygen atoms in total. The van der Waals surface area contributed by atoms with Gasteiger partial charge < -0.3 is 5.32 Å². The molecular formula is C26H50N4O. The predicted molar refractivity (Wildman–Crippen MR) is 131 cm³/mol. The highest BCUT2D eigenvalue weighted by Crippen LogP contribution is 2.29. The third-order valence-electron chi connectivity index (χ3n) is 6.02. The standard InChI is InChI=1S/C26H50N4O/c1-7-17-26(5,6)19-11-8-9-13-20-27-24(31)16-14-21-30-22-23(28-29-30)15-10-12-18-25(2,3)4/h22H,7-21H2,1-6H3,(H,27,31). The summed E-state index contributed by atoms with van der Waals surface area (Å²) in [5.41, 5.74) is 1.96. The van der Waals surface area contributed by atoms with Gasteiger partial charge in [0.25, 0.3) is 0 Å². The zero-order chi connectivity index (χ0) is 23.2. The van der Waals surface area contributed by atoms with E-state index < -0.39 is 0 Å². The Bertz CT molecular complexity index is 601. The number of nitrogens with zero attached hydrogens (tertiary/aromatic N) is 3. The molecule has 1 aromatic heterocycles. The highest BCUT2D eigenvalue weighted by Gasteiger charge is 2.15. The van der Waals surface area contributed by atoms with Crippen LogP contribution in [0.3, 0.4) is 0 Å². The zero-order valence-corrected chi connectivity index (χ0v) is 21.4. The molecule has 0 bridgehead atoms. The summed E-state index contributed by atoms with van der Waals surface area (Å²) in [6.07, 6.45) is 16.8. The van der Waals surface area contributed by atoms with Gasteiger partial charge in [0, 0.05) is 25.7 Å². The van der Waals surface area contributed by atoms with Crippen LogP contribution in [0.2, 0.25) is 0 Å². The molecule has 1 N–H and O–H groups in total. The summed E-state index contributed by atoms with van der Waals surface area (Å²) in [5.74, 6) is 0.159. The van der Waals surface area contributed by atoms with E-state index in [1.165, 1.54) is 51.4 Å². The van der Waals surface area contributed by atoms with E-state index in [1.807, 2.05) is 10.9 Å². The number of hydrogen-bond acceptors (Lipinski definition) is 3. The zero-order valence-electron chi connectivity index (χ0n) is 21.4. The molecule has 0 fully saturated rings. The van der Waals surface area contributed by atoms with E-state index in [0.29, 0.717) is 17.3 Å². The van der Waals surface area contributed by atoms with Gasteiger partial charge in [-0.1, -0.05) is 78.9 Å². The Kier molecular flexibility index (Phi) is 13.0. The van der Waals surface area contributed by atoms with E-state index in [2.05, 4.69) is 57.2 Å². The minimum Gasteiger partial charge on any atom is -0.356 e. The number of aromatic nitrogens is 3. The van der Waals surface area contributed by atoms with Crippen LogP contribution < -0.4 is 5.32 Å². The number of carbonyl (C=O) groups is 1. The number of unbranched alkanes of at least 4 members (excludes halogenated alkanes) is 4. The maximum absolute atomic E-state index is 12.0. The van der Waals surface area contributed by atoms with Gasteiger partial charge in [0.2, 0.25) is 5.91 Å². The summed E-state index contributed by atoms with van der Waals surface area (Å²) in [6, 6.07) is 0. The van der Waals surface area contributed by atoms with Gasteiger partial charge in [-0.15, -0.1) is 5.10 Å². The third-order valence-corrected chi connectivity index (χ3v) is 6.02. The molecule has 0 radical (unpaired) electrons. The lowest BCUT2D eigenvalue weighted by Gasteiger charge is -2.23. The molecule has 180 valence electrons. The van der Waals surface area contributed by atoms with Crippen LogP contribution >= 0.6 is 0 Å². The van der Waals surface area contributed by atoms with Gasteiger partial charge in [0.15, 0.2) is 0 Å². The Hall–Kier alpha value is -1.39. The fourth-order valence-electron chi connectivity index (χ4n) is 4.13. The Balaban J connectivity index is 2.03. The van der Waals surface area contributed by atoms with Crippen molar-refractivity contribution in [2.45, 2.75) is 132 Å². The minimum atomic E-state index is 0.159. The number of nitrogens with one attached hydrogen (secondary N) is 1. The lowest BCUT2D eigenvalue weighted by atomic mass is 9.83. The van der Waals surface area contributed by atoms with Crippen LogP contribution in [0.25, 0.3) is 0 Å². The van der Waals surface area contributed by atoms with Crippen molar-refractivity contribution in [2.75, 3.05) is 6.54 Å². The first-order valence-corrected chi connectivity index (χ1v) is 12.8. The van der Waals surface area contributed by atoms with Crippen LogP contribution in [0.4, 0.5) is 0 Å². The van der Waals surface area contributed by atoms with Crippen LogP contribution in [-0.4, -0.2) is 27.4 Å². The van der Waals surface area contributed by atoms with Crippen LogP contribution in [0.15, 0.2) is 6.20 Å². The maximum Gasteiger partial charge on any atom is 0.220 e. The number of hydrogen-bond donors (Lipinski definition) is 1. The number of rotatable bonds is 17. The molecule has 0 spiro atoms.